The van der Waals surface area contributed by atoms with E-state index >= 15 is 0 Å². The van der Waals surface area contributed by atoms with Gasteiger partial charge in [0.1, 0.15) is 11.5 Å². The van der Waals surface area contributed by atoms with E-state index in [1.54, 1.807) is 0 Å². The minimum atomic E-state index is -0.907. The third-order valence-corrected chi connectivity index (χ3v) is 4.50. The second kappa shape index (κ2) is 5.81. The van der Waals surface area contributed by atoms with Gasteiger partial charge in [0.05, 0.1) is 0 Å². The minimum absolute atomic E-state index is 0.0969. The number of nitrogens with one attached hydrogen (secondary N) is 1. The predicted octanol–water partition coefficient (Wildman–Crippen LogP) is 2.94. The van der Waals surface area contributed by atoms with Crippen LogP contribution in [0.25, 0.3) is 11.3 Å². The quantitative estimate of drug-likeness (QED) is 0.911. The molecule has 23 heavy (non-hydrogen) atoms. The molecule has 0 aliphatic carbocycles. The SMILES string of the molecule is CNCc1ccccc1-c1nc2n(c1C(=O)O)CC(C)(C)CC2. The van der Waals surface area contributed by atoms with Crippen LogP contribution in [-0.4, -0.2) is 27.7 Å². The molecule has 2 aromatic rings. The van der Waals surface area contributed by atoms with Gasteiger partial charge in [0, 0.05) is 25.1 Å². The molecule has 0 amide bonds. The number of rotatable bonds is 4. The van der Waals surface area contributed by atoms with Crippen molar-refractivity contribution in [2.75, 3.05) is 7.05 Å². The third-order valence-electron chi connectivity index (χ3n) is 4.50. The molecule has 2 N–H and O–H groups in total. The van der Waals surface area contributed by atoms with Crippen LogP contribution in [0.3, 0.4) is 0 Å². The van der Waals surface area contributed by atoms with Gasteiger partial charge in [0.15, 0.2) is 5.69 Å². The monoisotopic (exact) mass is 313 g/mol. The third kappa shape index (κ3) is 2.88. The number of carbonyl (C=O) groups is 1. The molecule has 0 spiro atoms. The van der Waals surface area contributed by atoms with Crippen molar-refractivity contribution in [3.63, 3.8) is 0 Å². The Morgan fingerprint density at radius 1 is 1.39 bits per heavy atom. The number of benzene rings is 1. The number of carboxylic acids is 1. The zero-order valence-electron chi connectivity index (χ0n) is 13.9. The van der Waals surface area contributed by atoms with Gasteiger partial charge in [-0.15, -0.1) is 0 Å². The van der Waals surface area contributed by atoms with Crippen molar-refractivity contribution in [2.24, 2.45) is 5.41 Å². The topological polar surface area (TPSA) is 67.2 Å². The summed E-state index contributed by atoms with van der Waals surface area (Å²) in [6.07, 6.45) is 1.85. The van der Waals surface area contributed by atoms with E-state index in [2.05, 4.69) is 19.2 Å². The number of hydrogen-bond acceptors (Lipinski definition) is 3. The number of fused-ring (bicyclic) bond motifs is 1. The first-order chi connectivity index (χ1) is 10.9. The van der Waals surface area contributed by atoms with Gasteiger partial charge < -0.3 is 15.0 Å². The number of carboxylic acid groups (broad SMARTS) is 1. The summed E-state index contributed by atoms with van der Waals surface area (Å²) in [5, 5.41) is 12.9. The maximum Gasteiger partial charge on any atom is 0.354 e. The molecule has 5 heteroatoms. The van der Waals surface area contributed by atoms with Gasteiger partial charge >= 0.3 is 5.97 Å². The summed E-state index contributed by atoms with van der Waals surface area (Å²) < 4.78 is 1.90. The van der Waals surface area contributed by atoms with Gasteiger partial charge in [-0.3, -0.25) is 0 Å². The maximum atomic E-state index is 11.9. The average Bonchev–Trinajstić information content (AvgIpc) is 2.85. The molecule has 1 aromatic carbocycles. The molecule has 1 aromatic heterocycles. The van der Waals surface area contributed by atoms with Crippen LogP contribution in [0, 0.1) is 5.41 Å². The van der Waals surface area contributed by atoms with Crippen LogP contribution in [0.15, 0.2) is 24.3 Å². The number of aromatic carboxylic acids is 1. The Bertz CT molecular complexity index is 747. The first-order valence-electron chi connectivity index (χ1n) is 7.98. The number of aryl methyl sites for hydroxylation is 1. The second-order valence-electron chi connectivity index (χ2n) is 6.97. The summed E-state index contributed by atoms with van der Waals surface area (Å²) in [6.45, 7) is 5.74. The number of aromatic nitrogens is 2. The molecule has 0 bridgehead atoms. The molecular weight excluding hydrogens is 290 g/mol. The van der Waals surface area contributed by atoms with Gasteiger partial charge in [0.2, 0.25) is 0 Å². The summed E-state index contributed by atoms with van der Waals surface area (Å²) in [5.41, 5.74) is 2.97. The van der Waals surface area contributed by atoms with E-state index < -0.39 is 5.97 Å². The van der Waals surface area contributed by atoms with E-state index in [9.17, 15) is 9.90 Å². The molecule has 122 valence electrons. The van der Waals surface area contributed by atoms with E-state index in [1.165, 1.54) is 0 Å². The van der Waals surface area contributed by atoms with E-state index in [-0.39, 0.29) is 5.41 Å². The van der Waals surface area contributed by atoms with Crippen LogP contribution in [0.5, 0.6) is 0 Å². The Hall–Kier alpha value is -2.14. The van der Waals surface area contributed by atoms with Gasteiger partial charge in [0.25, 0.3) is 0 Å². The summed E-state index contributed by atoms with van der Waals surface area (Å²) in [4.78, 5) is 16.6. The highest BCUT2D eigenvalue weighted by molar-refractivity contribution is 5.94. The van der Waals surface area contributed by atoms with Gasteiger partial charge in [-0.2, -0.15) is 0 Å². The van der Waals surface area contributed by atoms with E-state index in [0.717, 1.165) is 29.8 Å². The van der Waals surface area contributed by atoms with Crippen molar-refractivity contribution < 1.29 is 9.90 Å². The van der Waals surface area contributed by atoms with Gasteiger partial charge in [-0.25, -0.2) is 9.78 Å². The highest BCUT2D eigenvalue weighted by Crippen LogP contribution is 2.35. The van der Waals surface area contributed by atoms with Crippen LogP contribution >= 0.6 is 0 Å². The number of hydrogen-bond donors (Lipinski definition) is 2. The van der Waals surface area contributed by atoms with Crippen molar-refractivity contribution in [3.8, 4) is 11.3 Å². The lowest BCUT2D eigenvalue weighted by Crippen LogP contribution is -2.29. The Morgan fingerprint density at radius 3 is 2.83 bits per heavy atom. The molecular formula is C18H23N3O2. The highest BCUT2D eigenvalue weighted by atomic mass is 16.4. The van der Waals surface area contributed by atoms with Crippen LogP contribution < -0.4 is 5.32 Å². The Balaban J connectivity index is 2.18. The standard InChI is InChI=1S/C18H23N3O2/c1-18(2)9-8-14-20-15(16(17(22)23)21(14)11-18)13-7-5-4-6-12(13)10-19-3/h4-7,19H,8-11H2,1-3H3,(H,22,23). The highest BCUT2D eigenvalue weighted by Gasteiger charge is 2.32. The van der Waals surface area contributed by atoms with Gasteiger partial charge in [-0.1, -0.05) is 38.1 Å². The van der Waals surface area contributed by atoms with Crippen molar-refractivity contribution in [1.29, 1.82) is 0 Å². The Labute approximate surface area is 136 Å². The van der Waals surface area contributed by atoms with E-state index in [0.29, 0.717) is 24.5 Å². The summed E-state index contributed by atoms with van der Waals surface area (Å²) in [7, 11) is 1.88. The smallest absolute Gasteiger partial charge is 0.354 e. The fourth-order valence-corrected chi connectivity index (χ4v) is 3.32. The summed E-state index contributed by atoms with van der Waals surface area (Å²) in [6, 6.07) is 7.87. The minimum Gasteiger partial charge on any atom is -0.477 e. The Kier molecular flexibility index (Phi) is 3.98. The van der Waals surface area contributed by atoms with E-state index in [4.69, 9.17) is 4.98 Å². The molecule has 0 fully saturated rings. The fourth-order valence-electron chi connectivity index (χ4n) is 3.32. The molecule has 0 atom stereocenters. The molecule has 1 aliphatic rings. The van der Waals surface area contributed by atoms with Crippen LogP contribution in [-0.2, 0) is 19.5 Å². The van der Waals surface area contributed by atoms with Gasteiger partial charge in [-0.05, 0) is 24.4 Å². The van der Waals surface area contributed by atoms with Crippen LogP contribution in [0.1, 0.15) is 42.1 Å². The van der Waals surface area contributed by atoms with Crippen molar-refractivity contribution in [2.45, 2.75) is 39.8 Å². The van der Waals surface area contributed by atoms with Crippen LogP contribution in [0.4, 0.5) is 0 Å². The zero-order chi connectivity index (χ0) is 16.6. The normalized spacial score (nSPS) is 16.1. The number of imidazole rings is 1. The average molecular weight is 313 g/mol. The maximum absolute atomic E-state index is 11.9. The second-order valence-corrected chi connectivity index (χ2v) is 6.97. The molecule has 5 nitrogen and oxygen atoms in total. The first-order valence-corrected chi connectivity index (χ1v) is 7.98. The molecule has 0 saturated carbocycles. The Morgan fingerprint density at radius 2 is 2.13 bits per heavy atom. The number of nitrogens with zero attached hydrogens (tertiary/aromatic N) is 2. The lowest BCUT2D eigenvalue weighted by Gasteiger charge is -2.31. The molecule has 0 unspecified atom stereocenters. The van der Waals surface area contributed by atoms with Crippen LogP contribution in [0.2, 0.25) is 0 Å². The lowest BCUT2D eigenvalue weighted by atomic mass is 9.85. The molecule has 0 saturated heterocycles. The zero-order valence-corrected chi connectivity index (χ0v) is 13.9. The predicted molar refractivity (Wildman–Crippen MR) is 89.5 cm³/mol. The lowest BCUT2D eigenvalue weighted by molar-refractivity contribution is 0.0680. The summed E-state index contributed by atoms with van der Waals surface area (Å²) >= 11 is 0. The van der Waals surface area contributed by atoms with Crippen molar-refractivity contribution in [1.82, 2.24) is 14.9 Å². The first kappa shape index (κ1) is 15.7. The summed E-state index contributed by atoms with van der Waals surface area (Å²) in [5.74, 6) is -0.0216. The molecule has 0 radical (unpaired) electrons. The van der Waals surface area contributed by atoms with Crippen molar-refractivity contribution >= 4 is 5.97 Å². The largest absolute Gasteiger partial charge is 0.477 e. The molecule has 1 aliphatic heterocycles. The van der Waals surface area contributed by atoms with Crippen molar-refractivity contribution in [3.05, 3.63) is 41.3 Å². The van der Waals surface area contributed by atoms with E-state index in [1.807, 2.05) is 35.9 Å². The fraction of sp³-hybridized carbons (Fsp3) is 0.444. The molecule has 3 rings (SSSR count). The molecule has 2 heterocycles.